The number of rotatable bonds is 30. The third kappa shape index (κ3) is 26.1. The Morgan fingerprint density at radius 3 is 0.865 bits per heavy atom. The van der Waals surface area contributed by atoms with Crippen LogP contribution in [0.25, 0.3) is 0 Å². The molecule has 0 saturated carbocycles. The molecule has 0 atom stereocenters. The molecule has 224 valence electrons. The molecule has 0 aromatic rings. The first kappa shape index (κ1) is 37.1. The van der Waals surface area contributed by atoms with Crippen LogP contribution in [0.4, 0.5) is 0 Å². The molecule has 0 amide bonds. The van der Waals surface area contributed by atoms with Gasteiger partial charge < -0.3 is 9.79 Å². The Bertz CT molecular complexity index is 485. The maximum absolute atomic E-state index is 12.1. The number of hydrogen-bond donors (Lipinski definition) is 2. The van der Waals surface area contributed by atoms with Crippen molar-refractivity contribution in [2.24, 2.45) is 0 Å². The molecule has 0 bridgehead atoms. The van der Waals surface area contributed by atoms with Gasteiger partial charge in [-0.3, -0.25) is 4.52 Å². The molecule has 0 heterocycles. The lowest BCUT2D eigenvalue weighted by atomic mass is 9.85. The maximum atomic E-state index is 12.1. The zero-order valence-corrected chi connectivity index (χ0v) is 26.4. The Balaban J connectivity index is 4.70. The predicted molar refractivity (Wildman–Crippen MR) is 162 cm³/mol. The van der Waals surface area contributed by atoms with Gasteiger partial charge in [-0.1, -0.05) is 181 Å². The summed E-state index contributed by atoms with van der Waals surface area (Å²) in [4.78, 5) is 19.7. The minimum absolute atomic E-state index is 0.648. The van der Waals surface area contributed by atoms with Crippen LogP contribution in [0.1, 0.15) is 201 Å². The van der Waals surface area contributed by atoms with Crippen LogP contribution in [0.2, 0.25) is 0 Å². The van der Waals surface area contributed by atoms with Crippen molar-refractivity contribution in [1.29, 1.82) is 0 Å². The Morgan fingerprint density at radius 2 is 0.649 bits per heavy atom. The van der Waals surface area contributed by atoms with E-state index in [-0.39, 0.29) is 0 Å². The van der Waals surface area contributed by atoms with Crippen LogP contribution in [0, 0.1) is 0 Å². The second kappa shape index (κ2) is 26.3. The highest BCUT2D eigenvalue weighted by molar-refractivity contribution is 7.46. The van der Waals surface area contributed by atoms with Crippen molar-refractivity contribution in [1.82, 2.24) is 0 Å². The zero-order valence-electron chi connectivity index (χ0n) is 25.5. The largest absolute Gasteiger partial charge is 0.470 e. The SMILES string of the molecule is CCCCCCCCCCCC(CCCCCCCCCC)(CCCCCCCCCC)OP(=O)(O)O. The van der Waals surface area contributed by atoms with Crippen LogP contribution in [0.5, 0.6) is 0 Å². The van der Waals surface area contributed by atoms with Crippen molar-refractivity contribution in [3.05, 3.63) is 0 Å². The molecule has 0 rings (SSSR count). The van der Waals surface area contributed by atoms with Crippen molar-refractivity contribution in [3.63, 3.8) is 0 Å². The zero-order chi connectivity index (χ0) is 27.5. The maximum Gasteiger partial charge on any atom is 0.470 e. The van der Waals surface area contributed by atoms with Gasteiger partial charge in [0, 0.05) is 0 Å². The summed E-state index contributed by atoms with van der Waals surface area (Å²) in [6.45, 7) is 6.76. The van der Waals surface area contributed by atoms with E-state index < -0.39 is 13.4 Å². The lowest BCUT2D eigenvalue weighted by molar-refractivity contribution is 0.00533. The van der Waals surface area contributed by atoms with E-state index in [1.54, 1.807) is 0 Å². The lowest BCUT2D eigenvalue weighted by Crippen LogP contribution is -2.32. The fourth-order valence-corrected chi connectivity index (χ4v) is 6.46. The van der Waals surface area contributed by atoms with Crippen molar-refractivity contribution in [2.75, 3.05) is 0 Å². The minimum atomic E-state index is -4.51. The summed E-state index contributed by atoms with van der Waals surface area (Å²) in [7, 11) is -4.51. The highest BCUT2D eigenvalue weighted by Crippen LogP contribution is 2.47. The van der Waals surface area contributed by atoms with Crippen LogP contribution in [0.3, 0.4) is 0 Å². The Hall–Kier alpha value is 0.110. The molecule has 0 aliphatic carbocycles. The van der Waals surface area contributed by atoms with Gasteiger partial charge in [-0.15, -0.1) is 0 Å². The van der Waals surface area contributed by atoms with Gasteiger partial charge in [-0.25, -0.2) is 4.57 Å². The van der Waals surface area contributed by atoms with Gasteiger partial charge in [0.1, 0.15) is 0 Å². The standard InChI is InChI=1S/C32H67O4P/c1-4-7-10-13-16-19-22-25-28-31-32(36-37(33,34)35,29-26-23-20-17-14-11-8-5-2)30-27-24-21-18-15-12-9-6-3/h4-31H2,1-3H3,(H2,33,34,35). The first-order valence-corrected chi connectivity index (χ1v) is 18.2. The second-order valence-electron chi connectivity index (χ2n) is 11.8. The topological polar surface area (TPSA) is 66.8 Å². The highest BCUT2D eigenvalue weighted by atomic mass is 31.2. The summed E-state index contributed by atoms with van der Waals surface area (Å²) in [5.41, 5.74) is -0.648. The number of phosphoric ester groups is 1. The van der Waals surface area contributed by atoms with E-state index in [1.165, 1.54) is 122 Å². The molecule has 0 unspecified atom stereocenters. The Morgan fingerprint density at radius 1 is 0.432 bits per heavy atom. The lowest BCUT2D eigenvalue weighted by Gasteiger charge is -2.34. The van der Waals surface area contributed by atoms with E-state index in [9.17, 15) is 14.4 Å². The smallest absolute Gasteiger partial charge is 0.303 e. The van der Waals surface area contributed by atoms with Crippen LogP contribution < -0.4 is 0 Å². The van der Waals surface area contributed by atoms with Crippen molar-refractivity contribution in [3.8, 4) is 0 Å². The molecule has 5 heteroatoms. The summed E-state index contributed by atoms with van der Waals surface area (Å²) < 4.78 is 17.7. The van der Waals surface area contributed by atoms with E-state index in [1.807, 2.05) is 0 Å². The first-order valence-electron chi connectivity index (χ1n) is 16.7. The molecular weight excluding hydrogens is 479 g/mol. The van der Waals surface area contributed by atoms with Crippen LogP contribution in [-0.4, -0.2) is 15.4 Å². The van der Waals surface area contributed by atoms with E-state index >= 15 is 0 Å². The number of unbranched alkanes of at least 4 members (excludes halogenated alkanes) is 22. The highest BCUT2D eigenvalue weighted by Gasteiger charge is 2.36. The van der Waals surface area contributed by atoms with Crippen molar-refractivity contribution >= 4 is 7.82 Å². The van der Waals surface area contributed by atoms with Crippen LogP contribution >= 0.6 is 7.82 Å². The molecule has 0 radical (unpaired) electrons. The van der Waals surface area contributed by atoms with Crippen molar-refractivity contribution < 1.29 is 18.9 Å². The molecule has 37 heavy (non-hydrogen) atoms. The van der Waals surface area contributed by atoms with E-state index in [4.69, 9.17) is 4.52 Å². The monoisotopic (exact) mass is 546 g/mol. The normalized spacial score (nSPS) is 12.5. The van der Waals surface area contributed by atoms with Gasteiger partial charge >= 0.3 is 7.82 Å². The quantitative estimate of drug-likeness (QED) is 0.0694. The van der Waals surface area contributed by atoms with Gasteiger partial charge in [0.05, 0.1) is 5.60 Å². The second-order valence-corrected chi connectivity index (χ2v) is 13.0. The molecule has 2 N–H and O–H groups in total. The van der Waals surface area contributed by atoms with E-state index in [0.29, 0.717) is 0 Å². The predicted octanol–water partition coefficient (Wildman–Crippen LogP) is 11.8. The fraction of sp³-hybridized carbons (Fsp3) is 1.00. The molecule has 4 nitrogen and oxygen atoms in total. The summed E-state index contributed by atoms with van der Waals surface area (Å²) in [6, 6.07) is 0. The van der Waals surface area contributed by atoms with Gasteiger partial charge in [0.2, 0.25) is 0 Å². The molecule has 0 aromatic carbocycles. The molecule has 0 fully saturated rings. The van der Waals surface area contributed by atoms with Gasteiger partial charge in [0.15, 0.2) is 0 Å². The average molecular weight is 547 g/mol. The molecule has 0 saturated heterocycles. The van der Waals surface area contributed by atoms with Crippen molar-refractivity contribution in [2.45, 2.75) is 206 Å². The fourth-order valence-electron chi connectivity index (χ4n) is 5.68. The van der Waals surface area contributed by atoms with Crippen LogP contribution in [-0.2, 0) is 9.09 Å². The minimum Gasteiger partial charge on any atom is -0.303 e. The summed E-state index contributed by atoms with van der Waals surface area (Å²) in [5, 5.41) is 0. The Kier molecular flexibility index (Phi) is 26.4. The Labute approximate surface area is 232 Å². The third-order valence-electron chi connectivity index (χ3n) is 8.02. The first-order chi connectivity index (χ1) is 17.9. The van der Waals surface area contributed by atoms with E-state index in [2.05, 4.69) is 20.8 Å². The molecule has 0 aromatic heterocycles. The van der Waals surface area contributed by atoms with E-state index in [0.717, 1.165) is 57.8 Å². The van der Waals surface area contributed by atoms with Crippen LogP contribution in [0.15, 0.2) is 0 Å². The van der Waals surface area contributed by atoms with Gasteiger partial charge in [0.25, 0.3) is 0 Å². The molecule has 0 aliphatic rings. The summed E-state index contributed by atoms with van der Waals surface area (Å²) in [5.74, 6) is 0. The number of phosphoric acid groups is 1. The van der Waals surface area contributed by atoms with Gasteiger partial charge in [-0.2, -0.15) is 0 Å². The average Bonchev–Trinajstić information content (AvgIpc) is 2.85. The summed E-state index contributed by atoms with van der Waals surface area (Å²) in [6.07, 6.45) is 33.6. The third-order valence-corrected chi connectivity index (χ3v) is 8.65. The number of hydrogen-bond acceptors (Lipinski definition) is 2. The molecule has 0 spiro atoms. The molecule has 0 aliphatic heterocycles. The molecular formula is C32H67O4P. The summed E-state index contributed by atoms with van der Waals surface area (Å²) >= 11 is 0. The van der Waals surface area contributed by atoms with Gasteiger partial charge in [-0.05, 0) is 19.3 Å².